The summed E-state index contributed by atoms with van der Waals surface area (Å²) in [6.07, 6.45) is 1.74. The summed E-state index contributed by atoms with van der Waals surface area (Å²) in [6, 6.07) is 9.98. The third-order valence-corrected chi connectivity index (χ3v) is 4.50. The van der Waals surface area contributed by atoms with Crippen LogP contribution in [0.25, 0.3) is 0 Å². The first-order valence-electron chi connectivity index (χ1n) is 8.48. The van der Waals surface area contributed by atoms with Crippen LogP contribution in [-0.4, -0.2) is 24.5 Å². The molecule has 0 aromatic heterocycles. The van der Waals surface area contributed by atoms with Crippen LogP contribution in [0.1, 0.15) is 25.3 Å². The SMILES string of the molecule is CCc1ccc(OCCCC(=O)Nc2ccc([N+](=O)[O-])cc2OC)c(Br)c1. The van der Waals surface area contributed by atoms with E-state index in [1.807, 2.05) is 18.2 Å². The molecule has 2 aromatic carbocycles. The van der Waals surface area contributed by atoms with E-state index < -0.39 is 4.92 Å². The fraction of sp³-hybridized carbons (Fsp3) is 0.316. The lowest BCUT2D eigenvalue weighted by molar-refractivity contribution is -0.384. The summed E-state index contributed by atoms with van der Waals surface area (Å²) in [5.41, 5.74) is 1.51. The van der Waals surface area contributed by atoms with Crippen LogP contribution in [0.2, 0.25) is 0 Å². The standard InChI is InChI=1S/C19H21BrN2O5/c1-3-13-6-9-17(15(20)11-13)27-10-4-5-19(23)21-16-8-7-14(22(24)25)12-18(16)26-2/h6-9,11-12H,3-5,10H2,1-2H3,(H,21,23). The molecule has 2 rings (SSSR count). The molecule has 0 bridgehead atoms. The second kappa shape index (κ2) is 9.91. The Morgan fingerprint density at radius 3 is 2.63 bits per heavy atom. The predicted octanol–water partition coefficient (Wildman–Crippen LogP) is 4.73. The first-order valence-corrected chi connectivity index (χ1v) is 9.27. The molecule has 0 atom stereocenters. The number of anilines is 1. The molecule has 0 saturated heterocycles. The smallest absolute Gasteiger partial charge is 0.273 e. The minimum Gasteiger partial charge on any atom is -0.494 e. The monoisotopic (exact) mass is 436 g/mol. The van der Waals surface area contributed by atoms with Gasteiger partial charge in [-0.05, 0) is 52.5 Å². The number of nitrogens with one attached hydrogen (secondary N) is 1. The number of hydrogen-bond acceptors (Lipinski definition) is 5. The number of carbonyl (C=O) groups is 1. The third-order valence-electron chi connectivity index (χ3n) is 3.88. The summed E-state index contributed by atoms with van der Waals surface area (Å²) in [6.45, 7) is 2.48. The molecule has 0 radical (unpaired) electrons. The van der Waals surface area contributed by atoms with E-state index in [1.54, 1.807) is 0 Å². The minimum atomic E-state index is -0.517. The summed E-state index contributed by atoms with van der Waals surface area (Å²) in [4.78, 5) is 22.4. The van der Waals surface area contributed by atoms with Crippen molar-refractivity contribution in [3.8, 4) is 11.5 Å². The number of nitro benzene ring substituents is 1. The van der Waals surface area contributed by atoms with Crippen LogP contribution in [0.5, 0.6) is 11.5 Å². The van der Waals surface area contributed by atoms with Crippen molar-refractivity contribution >= 4 is 33.2 Å². The van der Waals surface area contributed by atoms with Crippen LogP contribution in [-0.2, 0) is 11.2 Å². The van der Waals surface area contributed by atoms with E-state index >= 15 is 0 Å². The van der Waals surface area contributed by atoms with Gasteiger partial charge in [-0.15, -0.1) is 0 Å². The number of ether oxygens (including phenoxy) is 2. The molecule has 8 heteroatoms. The van der Waals surface area contributed by atoms with Crippen molar-refractivity contribution in [3.05, 3.63) is 56.5 Å². The number of aryl methyl sites for hydroxylation is 1. The predicted molar refractivity (Wildman–Crippen MR) is 107 cm³/mol. The molecule has 0 unspecified atom stereocenters. The fourth-order valence-electron chi connectivity index (χ4n) is 2.41. The van der Waals surface area contributed by atoms with Crippen LogP contribution in [0.15, 0.2) is 40.9 Å². The van der Waals surface area contributed by atoms with E-state index in [1.165, 1.54) is 30.9 Å². The first-order chi connectivity index (χ1) is 12.9. The lowest BCUT2D eigenvalue weighted by atomic mass is 10.2. The Morgan fingerprint density at radius 1 is 1.22 bits per heavy atom. The second-order valence-electron chi connectivity index (χ2n) is 5.76. The maximum Gasteiger partial charge on any atom is 0.273 e. The highest BCUT2D eigenvalue weighted by Gasteiger charge is 2.13. The molecule has 0 heterocycles. The Kier molecular flexibility index (Phi) is 7.60. The molecule has 2 aromatic rings. The van der Waals surface area contributed by atoms with Crippen molar-refractivity contribution in [3.63, 3.8) is 0 Å². The van der Waals surface area contributed by atoms with Crippen molar-refractivity contribution < 1.29 is 19.2 Å². The molecule has 0 aliphatic carbocycles. The number of halogens is 1. The number of amides is 1. The number of rotatable bonds is 9. The molecular formula is C19H21BrN2O5. The van der Waals surface area contributed by atoms with Gasteiger partial charge in [0.1, 0.15) is 11.5 Å². The number of nitro groups is 1. The van der Waals surface area contributed by atoms with Crippen LogP contribution in [0.3, 0.4) is 0 Å². The van der Waals surface area contributed by atoms with E-state index in [-0.39, 0.29) is 23.8 Å². The summed E-state index contributed by atoms with van der Waals surface area (Å²) < 4.78 is 11.7. The van der Waals surface area contributed by atoms with E-state index in [0.29, 0.717) is 18.7 Å². The van der Waals surface area contributed by atoms with Crippen molar-refractivity contribution in [2.75, 3.05) is 19.0 Å². The molecule has 27 heavy (non-hydrogen) atoms. The highest BCUT2D eigenvalue weighted by Crippen LogP contribution is 2.29. The average Bonchev–Trinajstić information content (AvgIpc) is 2.66. The third kappa shape index (κ3) is 5.96. The molecular weight excluding hydrogens is 416 g/mol. The Hall–Kier alpha value is -2.61. The van der Waals surface area contributed by atoms with Crippen LogP contribution in [0, 0.1) is 10.1 Å². The maximum absolute atomic E-state index is 12.1. The van der Waals surface area contributed by atoms with Gasteiger partial charge in [0, 0.05) is 12.5 Å². The summed E-state index contributed by atoms with van der Waals surface area (Å²) in [5.74, 6) is 0.768. The van der Waals surface area contributed by atoms with E-state index in [0.717, 1.165) is 16.6 Å². The Morgan fingerprint density at radius 2 is 2.00 bits per heavy atom. The zero-order valence-corrected chi connectivity index (χ0v) is 16.7. The number of carbonyl (C=O) groups excluding carboxylic acids is 1. The largest absolute Gasteiger partial charge is 0.494 e. The molecule has 0 saturated carbocycles. The van der Waals surface area contributed by atoms with Crippen LogP contribution in [0.4, 0.5) is 11.4 Å². The van der Waals surface area contributed by atoms with Gasteiger partial charge in [0.25, 0.3) is 5.69 Å². The van der Waals surface area contributed by atoms with Gasteiger partial charge in [-0.2, -0.15) is 0 Å². The van der Waals surface area contributed by atoms with Gasteiger partial charge in [-0.25, -0.2) is 0 Å². The molecule has 144 valence electrons. The van der Waals surface area contributed by atoms with Crippen molar-refractivity contribution in [1.29, 1.82) is 0 Å². The van der Waals surface area contributed by atoms with Crippen molar-refractivity contribution in [2.45, 2.75) is 26.2 Å². The lowest BCUT2D eigenvalue weighted by Gasteiger charge is -2.11. The Bertz CT molecular complexity index is 826. The fourth-order valence-corrected chi connectivity index (χ4v) is 2.95. The van der Waals surface area contributed by atoms with Gasteiger partial charge in [0.05, 0.1) is 34.9 Å². The van der Waals surface area contributed by atoms with Gasteiger partial charge in [-0.3, -0.25) is 14.9 Å². The minimum absolute atomic E-state index is 0.0992. The zero-order valence-electron chi connectivity index (χ0n) is 15.2. The number of nitrogens with zero attached hydrogens (tertiary/aromatic N) is 1. The van der Waals surface area contributed by atoms with E-state index in [2.05, 4.69) is 28.2 Å². The molecule has 0 aliphatic rings. The first kappa shape index (κ1) is 20.7. The normalized spacial score (nSPS) is 10.3. The zero-order chi connectivity index (χ0) is 19.8. The molecule has 0 aliphatic heterocycles. The number of methoxy groups -OCH3 is 1. The molecule has 7 nitrogen and oxygen atoms in total. The summed E-state index contributed by atoms with van der Waals surface area (Å²) >= 11 is 3.48. The number of benzene rings is 2. The topological polar surface area (TPSA) is 90.7 Å². The van der Waals surface area contributed by atoms with E-state index in [4.69, 9.17) is 9.47 Å². The van der Waals surface area contributed by atoms with Gasteiger partial charge < -0.3 is 14.8 Å². The summed E-state index contributed by atoms with van der Waals surface area (Å²) in [5, 5.41) is 13.5. The quantitative estimate of drug-likeness (QED) is 0.348. The van der Waals surface area contributed by atoms with Gasteiger partial charge >= 0.3 is 0 Å². The molecule has 0 spiro atoms. The molecule has 1 amide bonds. The Labute approximate surface area is 166 Å². The number of non-ortho nitro benzene ring substituents is 1. The van der Waals surface area contributed by atoms with Gasteiger partial charge in [0.2, 0.25) is 5.91 Å². The maximum atomic E-state index is 12.1. The Balaban J connectivity index is 1.84. The van der Waals surface area contributed by atoms with E-state index in [9.17, 15) is 14.9 Å². The summed E-state index contributed by atoms with van der Waals surface area (Å²) in [7, 11) is 1.39. The average molecular weight is 437 g/mol. The van der Waals surface area contributed by atoms with Crippen molar-refractivity contribution in [1.82, 2.24) is 0 Å². The lowest BCUT2D eigenvalue weighted by Crippen LogP contribution is -2.13. The van der Waals surface area contributed by atoms with Crippen molar-refractivity contribution in [2.24, 2.45) is 0 Å². The van der Waals surface area contributed by atoms with Gasteiger partial charge in [-0.1, -0.05) is 13.0 Å². The second-order valence-corrected chi connectivity index (χ2v) is 6.61. The molecule has 1 N–H and O–H groups in total. The highest BCUT2D eigenvalue weighted by atomic mass is 79.9. The van der Waals surface area contributed by atoms with Gasteiger partial charge in [0.15, 0.2) is 0 Å². The molecule has 0 fully saturated rings. The van der Waals surface area contributed by atoms with Crippen LogP contribution < -0.4 is 14.8 Å². The van der Waals surface area contributed by atoms with Crippen LogP contribution >= 0.6 is 15.9 Å². The highest BCUT2D eigenvalue weighted by molar-refractivity contribution is 9.10. The number of hydrogen-bond donors (Lipinski definition) is 1.